The summed E-state index contributed by atoms with van der Waals surface area (Å²) in [5, 5.41) is 25.6. The van der Waals surface area contributed by atoms with Gasteiger partial charge in [0, 0.05) is 10.5 Å². The highest BCUT2D eigenvalue weighted by molar-refractivity contribution is 9.12. The number of hydrazone groups is 1. The van der Waals surface area contributed by atoms with Crippen molar-refractivity contribution >= 4 is 45.3 Å². The molecule has 0 aliphatic rings. The van der Waals surface area contributed by atoms with Gasteiger partial charge in [-0.1, -0.05) is 30.3 Å². The number of allylic oxidation sites excluding steroid dienone is 1. The number of nitrogens with zero attached hydrogens (tertiary/aromatic N) is 3. The Hall–Kier alpha value is -3.07. The Morgan fingerprint density at radius 3 is 2.42 bits per heavy atom. The number of hydrogen-bond donors (Lipinski definition) is 1. The van der Waals surface area contributed by atoms with Gasteiger partial charge in [-0.15, -0.1) is 0 Å². The van der Waals surface area contributed by atoms with Crippen LogP contribution in [-0.4, -0.2) is 16.1 Å². The highest BCUT2D eigenvalue weighted by atomic mass is 79.9. The molecule has 0 spiro atoms. The lowest BCUT2D eigenvalue weighted by molar-refractivity contribution is -0.393. The summed E-state index contributed by atoms with van der Waals surface area (Å²) in [6.45, 7) is 0. The summed E-state index contributed by atoms with van der Waals surface area (Å²) >= 11 is 3.31. The zero-order valence-electron chi connectivity index (χ0n) is 12.1. The fourth-order valence-electron chi connectivity index (χ4n) is 1.79. The Kier molecular flexibility index (Phi) is 5.74. The summed E-state index contributed by atoms with van der Waals surface area (Å²) in [5.41, 5.74) is 2.74. The Morgan fingerprint density at radius 1 is 1.08 bits per heavy atom. The van der Waals surface area contributed by atoms with E-state index in [9.17, 15) is 20.2 Å². The van der Waals surface area contributed by atoms with Gasteiger partial charge in [-0.3, -0.25) is 25.7 Å². The monoisotopic (exact) mass is 390 g/mol. The van der Waals surface area contributed by atoms with E-state index in [1.165, 1.54) is 18.3 Å². The average molecular weight is 391 g/mol. The minimum Gasteiger partial charge on any atom is -0.272 e. The average Bonchev–Trinajstić information content (AvgIpc) is 2.55. The van der Waals surface area contributed by atoms with E-state index in [4.69, 9.17) is 0 Å². The molecule has 0 heterocycles. The molecule has 1 N–H and O–H groups in total. The van der Waals surface area contributed by atoms with Crippen LogP contribution < -0.4 is 5.43 Å². The first kappa shape index (κ1) is 17.3. The SMILES string of the molecule is O=[N+]([O-])c1ccc(NN=C/C(Br)=C\c2ccccc2)c([N+](=O)[O-])c1. The van der Waals surface area contributed by atoms with Gasteiger partial charge in [0.2, 0.25) is 0 Å². The van der Waals surface area contributed by atoms with Gasteiger partial charge in [0.25, 0.3) is 5.69 Å². The topological polar surface area (TPSA) is 111 Å². The molecule has 0 amide bonds. The van der Waals surface area contributed by atoms with E-state index >= 15 is 0 Å². The molecule has 0 bridgehead atoms. The van der Waals surface area contributed by atoms with E-state index in [2.05, 4.69) is 26.5 Å². The third-order valence-corrected chi connectivity index (χ3v) is 3.30. The molecule has 0 unspecified atom stereocenters. The number of nitrogens with one attached hydrogen (secondary N) is 1. The second-order valence-corrected chi connectivity index (χ2v) is 5.44. The van der Waals surface area contributed by atoms with Crippen LogP contribution in [0.4, 0.5) is 17.1 Å². The van der Waals surface area contributed by atoms with Gasteiger partial charge in [-0.05, 0) is 33.6 Å². The second-order valence-electron chi connectivity index (χ2n) is 4.53. The van der Waals surface area contributed by atoms with Gasteiger partial charge in [0.1, 0.15) is 5.69 Å². The first-order valence-corrected chi connectivity index (χ1v) is 7.41. The summed E-state index contributed by atoms with van der Waals surface area (Å²) in [4.78, 5) is 20.3. The highest BCUT2D eigenvalue weighted by Gasteiger charge is 2.18. The van der Waals surface area contributed by atoms with Gasteiger partial charge < -0.3 is 0 Å². The molecule has 0 fully saturated rings. The lowest BCUT2D eigenvalue weighted by Crippen LogP contribution is -1.98. The van der Waals surface area contributed by atoms with Crippen molar-refractivity contribution in [2.45, 2.75) is 0 Å². The third-order valence-electron chi connectivity index (χ3n) is 2.87. The van der Waals surface area contributed by atoms with Crippen LogP contribution >= 0.6 is 15.9 Å². The smallest absolute Gasteiger partial charge is 0.272 e. The van der Waals surface area contributed by atoms with Crippen molar-refractivity contribution in [3.63, 3.8) is 0 Å². The molecule has 2 aromatic rings. The molecule has 0 aliphatic heterocycles. The number of benzene rings is 2. The number of halogens is 1. The zero-order valence-corrected chi connectivity index (χ0v) is 13.7. The van der Waals surface area contributed by atoms with Crippen LogP contribution in [0.1, 0.15) is 5.56 Å². The van der Waals surface area contributed by atoms with Crippen molar-refractivity contribution in [2.75, 3.05) is 5.43 Å². The predicted molar refractivity (Wildman–Crippen MR) is 95.2 cm³/mol. The fraction of sp³-hybridized carbons (Fsp3) is 0. The van der Waals surface area contributed by atoms with Crippen molar-refractivity contribution in [2.24, 2.45) is 5.10 Å². The first-order valence-electron chi connectivity index (χ1n) is 6.61. The molecule has 9 heteroatoms. The molecular weight excluding hydrogens is 380 g/mol. The first-order chi connectivity index (χ1) is 11.5. The van der Waals surface area contributed by atoms with E-state index in [0.29, 0.717) is 4.48 Å². The Bertz CT molecular complexity index is 821. The fourth-order valence-corrected chi connectivity index (χ4v) is 2.16. The third kappa shape index (κ3) is 4.71. The Labute approximate surface area is 144 Å². The molecule has 0 radical (unpaired) electrons. The van der Waals surface area contributed by atoms with Crippen molar-refractivity contribution in [3.05, 3.63) is 78.8 Å². The number of hydrogen-bond acceptors (Lipinski definition) is 6. The number of nitro groups is 2. The number of rotatable bonds is 6. The molecule has 0 atom stereocenters. The van der Waals surface area contributed by atoms with E-state index in [1.54, 1.807) is 0 Å². The summed E-state index contributed by atoms with van der Waals surface area (Å²) in [5.74, 6) is 0. The Morgan fingerprint density at radius 2 is 1.79 bits per heavy atom. The molecule has 24 heavy (non-hydrogen) atoms. The van der Waals surface area contributed by atoms with Crippen LogP contribution in [0.2, 0.25) is 0 Å². The quantitative estimate of drug-likeness (QED) is 0.448. The molecule has 0 aromatic heterocycles. The van der Waals surface area contributed by atoms with Crippen LogP contribution in [0.5, 0.6) is 0 Å². The molecule has 2 rings (SSSR count). The summed E-state index contributed by atoms with van der Waals surface area (Å²) in [7, 11) is 0. The molecule has 122 valence electrons. The van der Waals surface area contributed by atoms with E-state index in [1.807, 2.05) is 36.4 Å². The zero-order chi connectivity index (χ0) is 17.5. The second kappa shape index (κ2) is 7.97. The standard InChI is InChI=1S/C15H11BrN4O4/c16-12(8-11-4-2-1-3-5-11)10-17-18-14-7-6-13(19(21)22)9-15(14)20(23)24/h1-10,18H/b12-8+,17-10?. The lowest BCUT2D eigenvalue weighted by Gasteiger charge is -2.01. The van der Waals surface area contributed by atoms with Crippen LogP contribution in [0.15, 0.2) is 58.1 Å². The van der Waals surface area contributed by atoms with Gasteiger partial charge >= 0.3 is 5.69 Å². The van der Waals surface area contributed by atoms with Gasteiger partial charge in [-0.25, -0.2) is 0 Å². The van der Waals surface area contributed by atoms with Crippen molar-refractivity contribution in [1.29, 1.82) is 0 Å². The summed E-state index contributed by atoms with van der Waals surface area (Å²) in [6, 6.07) is 12.8. The van der Waals surface area contributed by atoms with E-state index in [0.717, 1.165) is 11.6 Å². The molecule has 0 aliphatic carbocycles. The maximum atomic E-state index is 11.0. The molecule has 0 saturated heterocycles. The van der Waals surface area contributed by atoms with Crippen molar-refractivity contribution in [3.8, 4) is 0 Å². The van der Waals surface area contributed by atoms with Crippen LogP contribution in [-0.2, 0) is 0 Å². The van der Waals surface area contributed by atoms with E-state index < -0.39 is 15.5 Å². The summed E-state index contributed by atoms with van der Waals surface area (Å²) in [6.07, 6.45) is 3.24. The normalized spacial score (nSPS) is 11.5. The number of anilines is 1. The minimum atomic E-state index is -0.709. The Balaban J connectivity index is 2.15. The summed E-state index contributed by atoms with van der Waals surface area (Å²) < 4.78 is 0.644. The molecular formula is C15H11BrN4O4. The van der Waals surface area contributed by atoms with Crippen LogP contribution in [0.25, 0.3) is 6.08 Å². The van der Waals surface area contributed by atoms with Gasteiger partial charge in [-0.2, -0.15) is 5.10 Å². The van der Waals surface area contributed by atoms with Crippen molar-refractivity contribution < 1.29 is 9.85 Å². The van der Waals surface area contributed by atoms with Crippen molar-refractivity contribution in [1.82, 2.24) is 0 Å². The number of non-ortho nitro benzene ring substituents is 1. The largest absolute Gasteiger partial charge is 0.301 e. The number of nitro benzene ring substituents is 2. The molecule has 2 aromatic carbocycles. The predicted octanol–water partition coefficient (Wildman–Crippen LogP) is 4.34. The lowest BCUT2D eigenvalue weighted by atomic mass is 10.2. The maximum Gasteiger partial charge on any atom is 0.301 e. The van der Waals surface area contributed by atoms with Crippen LogP contribution in [0, 0.1) is 20.2 Å². The molecule has 8 nitrogen and oxygen atoms in total. The highest BCUT2D eigenvalue weighted by Crippen LogP contribution is 2.28. The van der Waals surface area contributed by atoms with E-state index in [-0.39, 0.29) is 11.4 Å². The minimum absolute atomic E-state index is 0.0573. The van der Waals surface area contributed by atoms with Crippen LogP contribution in [0.3, 0.4) is 0 Å². The van der Waals surface area contributed by atoms with Gasteiger partial charge in [0.15, 0.2) is 0 Å². The molecule has 0 saturated carbocycles. The van der Waals surface area contributed by atoms with Gasteiger partial charge in [0.05, 0.1) is 22.1 Å². The maximum absolute atomic E-state index is 11.0.